The van der Waals surface area contributed by atoms with Crippen molar-refractivity contribution in [2.75, 3.05) is 18.4 Å². The first-order chi connectivity index (χ1) is 15.1. The van der Waals surface area contributed by atoms with E-state index in [-0.39, 0.29) is 30.2 Å². The number of hydrogen-bond acceptors (Lipinski definition) is 6. The lowest BCUT2D eigenvalue weighted by atomic mass is 9.97. The summed E-state index contributed by atoms with van der Waals surface area (Å²) in [5, 5.41) is 25.5. The molecule has 0 unspecified atom stereocenters. The number of aromatic amines is 1. The number of likely N-dealkylation sites (tertiary alicyclic amines) is 1. The zero-order chi connectivity index (χ0) is 23.5. The van der Waals surface area contributed by atoms with Crippen molar-refractivity contribution in [3.05, 3.63) is 29.6 Å². The van der Waals surface area contributed by atoms with Crippen LogP contribution in [-0.4, -0.2) is 56.5 Å². The predicted octanol–water partition coefficient (Wildman–Crippen LogP) is 2.47. The zero-order valence-electron chi connectivity index (χ0n) is 19.0. The van der Waals surface area contributed by atoms with Crippen LogP contribution in [0.1, 0.15) is 45.0 Å². The largest absolute Gasteiger partial charge is 0.507 e. The fraction of sp³-hybridized carbons (Fsp3) is 0.478. The van der Waals surface area contributed by atoms with E-state index in [0.717, 1.165) is 24.2 Å². The summed E-state index contributed by atoms with van der Waals surface area (Å²) in [6.45, 7) is 8.10. The van der Waals surface area contributed by atoms with E-state index in [1.54, 1.807) is 17.0 Å². The SMILES string of the molecule is CC(=O)Nc1ccc(O)c(-c2nc(CC(C)(C)NCC(=O)N3CCC[C@H]3C#N)c(C)[nH]2)c1. The van der Waals surface area contributed by atoms with Gasteiger partial charge in [0.1, 0.15) is 17.6 Å². The fourth-order valence-electron chi connectivity index (χ4n) is 3.90. The van der Waals surface area contributed by atoms with Crippen LogP contribution in [0, 0.1) is 18.3 Å². The maximum Gasteiger partial charge on any atom is 0.237 e. The van der Waals surface area contributed by atoms with Crippen molar-refractivity contribution in [3.63, 3.8) is 0 Å². The Morgan fingerprint density at radius 2 is 2.16 bits per heavy atom. The van der Waals surface area contributed by atoms with Crippen molar-refractivity contribution >= 4 is 17.5 Å². The molecule has 3 rings (SSSR count). The Kier molecular flexibility index (Phi) is 6.84. The molecule has 1 saturated heterocycles. The number of phenolic OH excluding ortho intramolecular Hbond substituents is 1. The molecule has 1 aromatic heterocycles. The minimum Gasteiger partial charge on any atom is -0.507 e. The van der Waals surface area contributed by atoms with Gasteiger partial charge in [-0.1, -0.05) is 0 Å². The molecule has 1 aromatic carbocycles. The second-order valence-corrected chi connectivity index (χ2v) is 8.86. The summed E-state index contributed by atoms with van der Waals surface area (Å²) in [4.78, 5) is 33.4. The number of imidazole rings is 1. The minimum atomic E-state index is -0.422. The van der Waals surface area contributed by atoms with E-state index >= 15 is 0 Å². The van der Waals surface area contributed by atoms with Gasteiger partial charge in [0.15, 0.2) is 0 Å². The van der Waals surface area contributed by atoms with Gasteiger partial charge in [-0.3, -0.25) is 9.59 Å². The number of nitrogens with one attached hydrogen (secondary N) is 3. The molecule has 4 N–H and O–H groups in total. The van der Waals surface area contributed by atoms with Gasteiger partial charge in [-0.15, -0.1) is 0 Å². The van der Waals surface area contributed by atoms with E-state index in [1.165, 1.54) is 13.0 Å². The molecular weight excluding hydrogens is 408 g/mol. The second-order valence-electron chi connectivity index (χ2n) is 8.86. The number of amides is 2. The number of carbonyl (C=O) groups is 2. The summed E-state index contributed by atoms with van der Waals surface area (Å²) in [7, 11) is 0. The van der Waals surface area contributed by atoms with Crippen molar-refractivity contribution in [1.82, 2.24) is 20.2 Å². The Morgan fingerprint density at radius 3 is 2.84 bits per heavy atom. The quantitative estimate of drug-likeness (QED) is 0.491. The molecule has 0 saturated carbocycles. The molecule has 170 valence electrons. The normalized spacial score (nSPS) is 16.1. The molecule has 0 bridgehead atoms. The molecule has 2 aromatic rings. The molecule has 9 nitrogen and oxygen atoms in total. The highest BCUT2D eigenvalue weighted by atomic mass is 16.3. The summed E-state index contributed by atoms with van der Waals surface area (Å²) in [6, 6.07) is 6.68. The third-order valence-corrected chi connectivity index (χ3v) is 5.61. The first-order valence-corrected chi connectivity index (χ1v) is 10.7. The van der Waals surface area contributed by atoms with Crippen LogP contribution in [0.25, 0.3) is 11.4 Å². The third-order valence-electron chi connectivity index (χ3n) is 5.61. The molecule has 2 amide bonds. The van der Waals surface area contributed by atoms with Crippen LogP contribution in [0.5, 0.6) is 5.75 Å². The van der Waals surface area contributed by atoms with E-state index in [4.69, 9.17) is 0 Å². The molecule has 9 heteroatoms. The Morgan fingerprint density at radius 1 is 1.41 bits per heavy atom. The van der Waals surface area contributed by atoms with E-state index in [0.29, 0.717) is 30.0 Å². The highest BCUT2D eigenvalue weighted by molar-refractivity contribution is 5.89. The van der Waals surface area contributed by atoms with E-state index < -0.39 is 5.54 Å². The maximum absolute atomic E-state index is 12.5. The number of aromatic nitrogens is 2. The van der Waals surface area contributed by atoms with Gasteiger partial charge in [-0.05, 0) is 51.8 Å². The standard InChI is InChI=1S/C23H30N6O3/c1-14-19(11-23(3,4)25-13-21(32)29-9-5-6-17(29)12-24)28-22(26-14)18-10-16(27-15(2)30)7-8-20(18)31/h7-8,10,17,25,31H,5-6,9,11,13H2,1-4H3,(H,26,28)(H,27,30)/t17-/m0/s1. The van der Waals surface area contributed by atoms with Gasteiger partial charge in [0, 0.05) is 36.8 Å². The molecule has 1 fully saturated rings. The van der Waals surface area contributed by atoms with Crippen LogP contribution in [0.3, 0.4) is 0 Å². The molecule has 32 heavy (non-hydrogen) atoms. The first kappa shape index (κ1) is 23.3. The molecule has 2 heterocycles. The van der Waals surface area contributed by atoms with Gasteiger partial charge in [0.25, 0.3) is 0 Å². The van der Waals surface area contributed by atoms with Crippen LogP contribution in [0.2, 0.25) is 0 Å². The van der Waals surface area contributed by atoms with E-state index in [2.05, 4.69) is 26.7 Å². The molecule has 0 spiro atoms. The number of aryl methyl sites for hydroxylation is 1. The second kappa shape index (κ2) is 9.40. The summed E-state index contributed by atoms with van der Waals surface area (Å²) < 4.78 is 0. The van der Waals surface area contributed by atoms with Gasteiger partial charge >= 0.3 is 0 Å². The molecule has 0 aliphatic carbocycles. The lowest BCUT2D eigenvalue weighted by Gasteiger charge is -2.28. The van der Waals surface area contributed by atoms with E-state index in [9.17, 15) is 20.0 Å². The molecule has 1 atom stereocenters. The first-order valence-electron chi connectivity index (χ1n) is 10.7. The number of H-pyrrole nitrogens is 1. The number of nitriles is 1. The van der Waals surface area contributed by atoms with Crippen LogP contribution in [-0.2, 0) is 16.0 Å². The Bertz CT molecular complexity index is 1050. The van der Waals surface area contributed by atoms with Crippen molar-refractivity contribution in [1.29, 1.82) is 5.26 Å². The lowest BCUT2D eigenvalue weighted by molar-refractivity contribution is -0.130. The maximum atomic E-state index is 12.5. The number of phenols is 1. The Labute approximate surface area is 187 Å². The Balaban J connectivity index is 1.70. The summed E-state index contributed by atoms with van der Waals surface area (Å²) in [5.74, 6) is 0.291. The van der Waals surface area contributed by atoms with Gasteiger partial charge in [0.2, 0.25) is 11.8 Å². The highest BCUT2D eigenvalue weighted by Gasteiger charge is 2.30. The van der Waals surface area contributed by atoms with Crippen molar-refractivity contribution in [2.45, 2.75) is 58.5 Å². The molecule has 1 aliphatic heterocycles. The van der Waals surface area contributed by atoms with Crippen molar-refractivity contribution in [2.24, 2.45) is 0 Å². The topological polar surface area (TPSA) is 134 Å². The number of hydrogen-bond donors (Lipinski definition) is 4. The number of rotatable bonds is 7. The number of anilines is 1. The van der Waals surface area contributed by atoms with E-state index in [1.807, 2.05) is 20.8 Å². The van der Waals surface area contributed by atoms with Gasteiger partial charge in [-0.2, -0.15) is 5.26 Å². The average Bonchev–Trinajstić information content (AvgIpc) is 3.34. The third kappa shape index (κ3) is 5.45. The summed E-state index contributed by atoms with van der Waals surface area (Å²) in [5.41, 5.74) is 2.30. The van der Waals surface area contributed by atoms with Crippen LogP contribution >= 0.6 is 0 Å². The Hall–Kier alpha value is -3.38. The number of aromatic hydroxyl groups is 1. The van der Waals surface area contributed by atoms with Gasteiger partial charge in [0.05, 0.1) is 23.9 Å². The highest BCUT2D eigenvalue weighted by Crippen LogP contribution is 2.31. The van der Waals surface area contributed by atoms with Crippen LogP contribution in [0.4, 0.5) is 5.69 Å². The monoisotopic (exact) mass is 438 g/mol. The zero-order valence-corrected chi connectivity index (χ0v) is 19.0. The summed E-state index contributed by atoms with van der Waals surface area (Å²) in [6.07, 6.45) is 2.14. The number of carbonyl (C=O) groups excluding carboxylic acids is 2. The number of benzene rings is 1. The van der Waals surface area contributed by atoms with Crippen molar-refractivity contribution < 1.29 is 14.7 Å². The van der Waals surface area contributed by atoms with Crippen LogP contribution < -0.4 is 10.6 Å². The van der Waals surface area contributed by atoms with Crippen molar-refractivity contribution in [3.8, 4) is 23.2 Å². The minimum absolute atomic E-state index is 0.0556. The average molecular weight is 439 g/mol. The molecule has 0 radical (unpaired) electrons. The summed E-state index contributed by atoms with van der Waals surface area (Å²) >= 11 is 0. The lowest BCUT2D eigenvalue weighted by Crippen LogP contribution is -2.48. The predicted molar refractivity (Wildman–Crippen MR) is 121 cm³/mol. The van der Waals surface area contributed by atoms with Gasteiger partial charge in [-0.25, -0.2) is 4.98 Å². The molecular formula is C23H30N6O3. The van der Waals surface area contributed by atoms with Crippen LogP contribution in [0.15, 0.2) is 18.2 Å². The number of nitrogens with zero attached hydrogens (tertiary/aromatic N) is 3. The van der Waals surface area contributed by atoms with Gasteiger partial charge < -0.3 is 25.6 Å². The smallest absolute Gasteiger partial charge is 0.237 e. The fourth-order valence-corrected chi connectivity index (χ4v) is 3.90. The molecule has 1 aliphatic rings.